The molecule has 0 aromatic carbocycles. The number of nitrogens with one attached hydrogen (secondary N) is 2. The van der Waals surface area contributed by atoms with Gasteiger partial charge < -0.3 is 14.4 Å². The van der Waals surface area contributed by atoms with E-state index in [2.05, 4.69) is 24.8 Å². The summed E-state index contributed by atoms with van der Waals surface area (Å²) in [6.45, 7) is 6.25. The van der Waals surface area contributed by atoms with Gasteiger partial charge in [-0.3, -0.25) is 9.82 Å². The molecule has 0 amide bonds. The van der Waals surface area contributed by atoms with E-state index >= 15 is 0 Å². The van der Waals surface area contributed by atoms with Crippen LogP contribution in [0.2, 0.25) is 0 Å². The molecule has 2 aromatic rings. The number of anilines is 2. The number of nitrogens with zero attached hydrogens (tertiary/aromatic N) is 3. The molecular formula is C17H23N5O4S. The number of hydrogen-bond donors (Lipinski definition) is 2. The fraction of sp³-hybridized carbons (Fsp3) is 0.529. The fourth-order valence-corrected chi connectivity index (χ4v) is 5.03. The Morgan fingerprint density at radius 1 is 1.19 bits per heavy atom. The summed E-state index contributed by atoms with van der Waals surface area (Å²) >= 11 is 0. The van der Waals surface area contributed by atoms with E-state index in [1.165, 1.54) is 0 Å². The van der Waals surface area contributed by atoms with Gasteiger partial charge in [-0.25, -0.2) is 13.4 Å². The molecule has 0 atom stereocenters. The maximum Gasteiger partial charge on any atom is 0.266 e. The zero-order chi connectivity index (χ0) is 19.1. The maximum absolute atomic E-state index is 12.6. The van der Waals surface area contributed by atoms with E-state index in [0.29, 0.717) is 24.6 Å². The van der Waals surface area contributed by atoms with Gasteiger partial charge in [0, 0.05) is 25.9 Å². The van der Waals surface area contributed by atoms with Crippen LogP contribution >= 0.6 is 0 Å². The highest BCUT2D eigenvalue weighted by Gasteiger charge is 2.39. The van der Waals surface area contributed by atoms with Crippen LogP contribution in [-0.4, -0.2) is 55.7 Å². The van der Waals surface area contributed by atoms with Gasteiger partial charge >= 0.3 is 0 Å². The Hall–Kier alpha value is -2.17. The summed E-state index contributed by atoms with van der Waals surface area (Å²) in [6, 6.07) is 3.54. The Balaban J connectivity index is 1.44. The molecule has 2 fully saturated rings. The topological polar surface area (TPSA) is 109 Å². The molecule has 4 rings (SSSR count). The minimum absolute atomic E-state index is 0.159. The zero-order valence-electron chi connectivity index (χ0n) is 15.4. The third-order valence-corrected chi connectivity index (χ3v) is 6.64. The van der Waals surface area contributed by atoms with Crippen LogP contribution in [0.1, 0.15) is 24.2 Å². The van der Waals surface area contributed by atoms with Crippen LogP contribution < -0.4 is 9.62 Å². The third-order valence-electron chi connectivity index (χ3n) is 5.02. The van der Waals surface area contributed by atoms with Crippen molar-refractivity contribution in [2.45, 2.75) is 37.4 Å². The van der Waals surface area contributed by atoms with Crippen molar-refractivity contribution in [1.29, 1.82) is 0 Å². The van der Waals surface area contributed by atoms with Crippen molar-refractivity contribution >= 4 is 21.5 Å². The van der Waals surface area contributed by atoms with Crippen molar-refractivity contribution in [2.24, 2.45) is 0 Å². The molecule has 2 aliphatic rings. The maximum atomic E-state index is 12.6. The summed E-state index contributed by atoms with van der Waals surface area (Å²) in [6.07, 6.45) is 3.29. The van der Waals surface area contributed by atoms with Gasteiger partial charge in [0.15, 0.2) is 5.79 Å². The van der Waals surface area contributed by atoms with Gasteiger partial charge in [-0.1, -0.05) is 0 Å². The van der Waals surface area contributed by atoms with E-state index in [1.54, 1.807) is 26.1 Å². The van der Waals surface area contributed by atoms with Crippen molar-refractivity contribution in [2.75, 3.05) is 35.9 Å². The molecule has 2 aromatic heterocycles. The highest BCUT2D eigenvalue weighted by atomic mass is 32.2. The van der Waals surface area contributed by atoms with Crippen LogP contribution in [0.4, 0.5) is 11.5 Å². The van der Waals surface area contributed by atoms with Crippen molar-refractivity contribution in [3.05, 3.63) is 29.7 Å². The number of hydrogen-bond acceptors (Lipinski definition) is 7. The lowest BCUT2D eigenvalue weighted by Gasteiger charge is -2.38. The van der Waals surface area contributed by atoms with E-state index in [9.17, 15) is 8.42 Å². The summed E-state index contributed by atoms with van der Waals surface area (Å²) < 4.78 is 39.2. The number of aromatic nitrogens is 3. The standard InChI is InChI=1S/C17H23N5O4S/c1-12-16(13(2)20-19-12)27(23,24)21-15-4-3-14(11-18-15)22-7-5-17(6-8-22)25-9-10-26-17/h3-4,11H,5-10H2,1-2H3,(H,18,21)(H,19,20). The Morgan fingerprint density at radius 3 is 2.44 bits per heavy atom. The Morgan fingerprint density at radius 2 is 1.89 bits per heavy atom. The van der Waals surface area contributed by atoms with Gasteiger partial charge in [0.2, 0.25) is 0 Å². The minimum Gasteiger partial charge on any atom is -0.370 e. The van der Waals surface area contributed by atoms with Gasteiger partial charge in [0.1, 0.15) is 10.7 Å². The third kappa shape index (κ3) is 3.52. The molecule has 0 aliphatic carbocycles. The highest BCUT2D eigenvalue weighted by Crippen LogP contribution is 2.33. The van der Waals surface area contributed by atoms with Gasteiger partial charge in [-0.2, -0.15) is 5.10 Å². The lowest BCUT2D eigenvalue weighted by Crippen LogP contribution is -2.45. The Kier molecular flexibility index (Phi) is 4.57. The molecule has 0 saturated carbocycles. The second kappa shape index (κ2) is 6.77. The predicted molar refractivity (Wildman–Crippen MR) is 99.2 cm³/mol. The molecule has 146 valence electrons. The summed E-state index contributed by atoms with van der Waals surface area (Å²) in [4.78, 5) is 6.63. The van der Waals surface area contributed by atoms with Crippen LogP contribution in [0, 0.1) is 13.8 Å². The average molecular weight is 393 g/mol. The molecule has 0 unspecified atom stereocenters. The molecule has 2 saturated heterocycles. The number of rotatable bonds is 4. The monoisotopic (exact) mass is 393 g/mol. The van der Waals surface area contributed by atoms with Gasteiger partial charge in [-0.15, -0.1) is 0 Å². The first-order valence-corrected chi connectivity index (χ1v) is 10.4. The van der Waals surface area contributed by atoms with E-state index in [1.807, 2.05) is 6.07 Å². The molecule has 9 nitrogen and oxygen atoms in total. The van der Waals surface area contributed by atoms with Crippen LogP contribution in [0.25, 0.3) is 0 Å². The molecule has 2 N–H and O–H groups in total. The molecule has 4 heterocycles. The summed E-state index contributed by atoms with van der Waals surface area (Å²) in [5.74, 6) is -0.144. The summed E-state index contributed by atoms with van der Waals surface area (Å²) in [5.41, 5.74) is 1.87. The molecule has 27 heavy (non-hydrogen) atoms. The van der Waals surface area contributed by atoms with Crippen LogP contribution in [0.3, 0.4) is 0 Å². The largest absolute Gasteiger partial charge is 0.370 e. The van der Waals surface area contributed by atoms with Crippen LogP contribution in [-0.2, 0) is 19.5 Å². The summed E-state index contributed by atoms with van der Waals surface area (Å²) in [5, 5.41) is 6.62. The average Bonchev–Trinajstić information content (AvgIpc) is 3.23. The fourth-order valence-electron chi connectivity index (χ4n) is 3.65. The number of sulfonamides is 1. The van der Waals surface area contributed by atoms with Gasteiger partial charge in [-0.05, 0) is 26.0 Å². The second-order valence-electron chi connectivity index (χ2n) is 6.86. The van der Waals surface area contributed by atoms with Crippen molar-refractivity contribution < 1.29 is 17.9 Å². The Bertz CT molecular complexity index is 890. The first-order chi connectivity index (χ1) is 12.9. The van der Waals surface area contributed by atoms with E-state index in [0.717, 1.165) is 31.6 Å². The molecule has 2 aliphatic heterocycles. The number of H-pyrrole nitrogens is 1. The second-order valence-corrected chi connectivity index (χ2v) is 8.48. The first kappa shape index (κ1) is 18.2. The van der Waals surface area contributed by atoms with Crippen molar-refractivity contribution in [1.82, 2.24) is 15.2 Å². The molecule has 10 heteroatoms. The molecule has 0 bridgehead atoms. The number of aromatic amines is 1. The van der Waals surface area contributed by atoms with Crippen LogP contribution in [0.5, 0.6) is 0 Å². The van der Waals surface area contributed by atoms with Crippen molar-refractivity contribution in [3.63, 3.8) is 0 Å². The molecule has 0 radical (unpaired) electrons. The van der Waals surface area contributed by atoms with Crippen molar-refractivity contribution in [3.8, 4) is 0 Å². The van der Waals surface area contributed by atoms with E-state index < -0.39 is 15.8 Å². The first-order valence-electron chi connectivity index (χ1n) is 8.92. The van der Waals surface area contributed by atoms with Gasteiger partial charge in [0.25, 0.3) is 10.0 Å². The summed E-state index contributed by atoms with van der Waals surface area (Å²) in [7, 11) is -3.74. The van der Waals surface area contributed by atoms with Crippen LogP contribution in [0.15, 0.2) is 23.2 Å². The quantitative estimate of drug-likeness (QED) is 0.811. The normalized spacial score (nSPS) is 19.6. The lowest BCUT2D eigenvalue weighted by atomic mass is 10.0. The molecule has 1 spiro atoms. The predicted octanol–water partition coefficient (Wildman–Crippen LogP) is 1.57. The lowest BCUT2D eigenvalue weighted by molar-refractivity contribution is -0.169. The zero-order valence-corrected chi connectivity index (χ0v) is 16.2. The number of piperidine rings is 1. The highest BCUT2D eigenvalue weighted by molar-refractivity contribution is 7.92. The number of ether oxygens (including phenoxy) is 2. The number of aryl methyl sites for hydroxylation is 2. The smallest absolute Gasteiger partial charge is 0.266 e. The SMILES string of the molecule is Cc1n[nH]c(C)c1S(=O)(=O)Nc1ccc(N2CCC3(CC2)OCCO3)cn1. The molecular weight excluding hydrogens is 370 g/mol. The van der Waals surface area contributed by atoms with Gasteiger partial charge in [0.05, 0.1) is 36.5 Å². The number of pyridine rings is 1. The minimum atomic E-state index is -3.74. The Labute approximate surface area is 158 Å². The van der Waals surface area contributed by atoms with E-state index in [4.69, 9.17) is 9.47 Å². The van der Waals surface area contributed by atoms with E-state index in [-0.39, 0.29) is 10.7 Å².